The van der Waals surface area contributed by atoms with Crippen LogP contribution in [0.2, 0.25) is 0 Å². The van der Waals surface area contributed by atoms with E-state index in [2.05, 4.69) is 16.3 Å². The van der Waals surface area contributed by atoms with E-state index in [1.165, 1.54) is 4.88 Å². The molecule has 2 heterocycles. The van der Waals surface area contributed by atoms with E-state index in [0.29, 0.717) is 19.6 Å². The van der Waals surface area contributed by atoms with Crippen LogP contribution in [0.3, 0.4) is 0 Å². The van der Waals surface area contributed by atoms with Gasteiger partial charge in [-0.15, -0.1) is 11.3 Å². The summed E-state index contributed by atoms with van der Waals surface area (Å²) in [6.07, 6.45) is 0. The maximum absolute atomic E-state index is 12.8. The van der Waals surface area contributed by atoms with E-state index in [0.717, 1.165) is 23.0 Å². The molecule has 0 N–H and O–H groups in total. The Morgan fingerprint density at radius 1 is 1.11 bits per heavy atom. The molecule has 142 valence electrons. The molecule has 1 amide bonds. The molecular weight excluding hydrogens is 360 g/mol. The minimum Gasteiger partial charge on any atom is -0.497 e. The van der Waals surface area contributed by atoms with Gasteiger partial charge in [0.05, 0.1) is 26.7 Å². The van der Waals surface area contributed by atoms with E-state index in [-0.39, 0.29) is 5.91 Å². The van der Waals surface area contributed by atoms with E-state index in [1.807, 2.05) is 49.4 Å². The fourth-order valence-electron chi connectivity index (χ4n) is 2.80. The Morgan fingerprint density at radius 2 is 1.89 bits per heavy atom. The van der Waals surface area contributed by atoms with Crippen LogP contribution in [0.4, 0.5) is 5.69 Å². The highest BCUT2D eigenvalue weighted by molar-refractivity contribution is 7.09. The minimum atomic E-state index is 0.0384. The van der Waals surface area contributed by atoms with Gasteiger partial charge in [-0.05, 0) is 54.8 Å². The molecule has 6 heteroatoms. The largest absolute Gasteiger partial charge is 0.497 e. The number of nitrogens with zero attached hydrogens (tertiary/aromatic N) is 2. The Morgan fingerprint density at radius 3 is 2.48 bits per heavy atom. The zero-order valence-electron chi connectivity index (χ0n) is 15.8. The number of amides is 1. The van der Waals surface area contributed by atoms with Crippen molar-refractivity contribution < 1.29 is 13.9 Å². The van der Waals surface area contributed by atoms with Crippen LogP contribution in [0, 0.1) is 6.92 Å². The average Bonchev–Trinajstić information content (AvgIpc) is 3.33. The number of rotatable bonds is 8. The van der Waals surface area contributed by atoms with Crippen molar-refractivity contribution in [3.8, 4) is 5.75 Å². The summed E-state index contributed by atoms with van der Waals surface area (Å²) in [5.74, 6) is 2.48. The van der Waals surface area contributed by atoms with Crippen molar-refractivity contribution in [1.29, 1.82) is 0 Å². The van der Waals surface area contributed by atoms with E-state index in [4.69, 9.17) is 9.15 Å². The zero-order valence-corrected chi connectivity index (χ0v) is 16.7. The first-order valence-corrected chi connectivity index (χ1v) is 9.64. The Labute approximate surface area is 163 Å². The molecule has 3 rings (SSSR count). The van der Waals surface area contributed by atoms with Crippen molar-refractivity contribution in [1.82, 2.24) is 4.90 Å². The van der Waals surface area contributed by atoms with Crippen molar-refractivity contribution in [3.05, 3.63) is 70.3 Å². The third kappa shape index (κ3) is 5.14. The van der Waals surface area contributed by atoms with E-state index in [9.17, 15) is 4.79 Å². The van der Waals surface area contributed by atoms with Gasteiger partial charge in [0, 0.05) is 17.6 Å². The fourth-order valence-corrected chi connectivity index (χ4v) is 3.52. The van der Waals surface area contributed by atoms with Crippen LogP contribution in [0.25, 0.3) is 0 Å². The lowest BCUT2D eigenvalue weighted by Crippen LogP contribution is -2.37. The van der Waals surface area contributed by atoms with Gasteiger partial charge < -0.3 is 19.0 Å². The maximum atomic E-state index is 12.8. The van der Waals surface area contributed by atoms with E-state index < -0.39 is 0 Å². The maximum Gasteiger partial charge on any atom is 0.242 e. The summed E-state index contributed by atoms with van der Waals surface area (Å²) in [6.45, 7) is 3.34. The van der Waals surface area contributed by atoms with Crippen LogP contribution in [-0.4, -0.2) is 31.5 Å². The summed E-state index contributed by atoms with van der Waals surface area (Å²) in [4.78, 5) is 17.8. The van der Waals surface area contributed by atoms with Gasteiger partial charge in [0.25, 0.3) is 0 Å². The van der Waals surface area contributed by atoms with Crippen LogP contribution >= 0.6 is 11.3 Å². The predicted molar refractivity (Wildman–Crippen MR) is 108 cm³/mol. The summed E-state index contributed by atoms with van der Waals surface area (Å²) < 4.78 is 10.8. The highest BCUT2D eigenvalue weighted by atomic mass is 32.1. The number of anilines is 1. The first-order valence-electron chi connectivity index (χ1n) is 8.76. The number of likely N-dealkylation sites (N-methyl/N-ethyl adjacent to an activating group) is 1. The Bertz CT molecular complexity index is 856. The summed E-state index contributed by atoms with van der Waals surface area (Å²) in [5, 5.41) is 2.05. The van der Waals surface area contributed by atoms with E-state index in [1.54, 1.807) is 30.4 Å². The number of carbonyl (C=O) groups is 1. The molecule has 0 atom stereocenters. The van der Waals surface area contributed by atoms with Gasteiger partial charge in [0.1, 0.15) is 17.3 Å². The summed E-state index contributed by atoms with van der Waals surface area (Å²) in [7, 11) is 3.45. The third-order valence-electron chi connectivity index (χ3n) is 4.31. The molecule has 0 aliphatic rings. The molecule has 0 saturated carbocycles. The highest BCUT2D eigenvalue weighted by Gasteiger charge is 2.17. The number of hydrogen-bond donors (Lipinski definition) is 0. The molecule has 5 nitrogen and oxygen atoms in total. The van der Waals surface area contributed by atoms with Crippen molar-refractivity contribution >= 4 is 22.9 Å². The molecule has 0 spiro atoms. The quantitative estimate of drug-likeness (QED) is 0.580. The van der Waals surface area contributed by atoms with Crippen LogP contribution < -0.4 is 9.64 Å². The number of ether oxygens (including phenoxy) is 1. The number of benzene rings is 1. The predicted octanol–water partition coefficient (Wildman–Crippen LogP) is 4.32. The number of thiophene rings is 1. The van der Waals surface area contributed by atoms with Crippen LogP contribution in [0.15, 0.2) is 58.3 Å². The van der Waals surface area contributed by atoms with E-state index >= 15 is 0 Å². The number of hydrogen-bond acceptors (Lipinski definition) is 5. The molecule has 0 radical (unpaired) electrons. The Balaban J connectivity index is 1.72. The van der Waals surface area contributed by atoms with Gasteiger partial charge in [-0.1, -0.05) is 6.07 Å². The number of methoxy groups -OCH3 is 1. The topological polar surface area (TPSA) is 45.9 Å². The first-order chi connectivity index (χ1) is 13.0. The van der Waals surface area contributed by atoms with Crippen molar-refractivity contribution in [2.45, 2.75) is 20.0 Å². The van der Waals surface area contributed by atoms with Gasteiger partial charge in [-0.25, -0.2) is 0 Å². The van der Waals surface area contributed by atoms with Crippen LogP contribution in [0.1, 0.15) is 16.4 Å². The molecule has 3 aromatic rings. The molecule has 0 aliphatic carbocycles. The van der Waals surface area contributed by atoms with Gasteiger partial charge in [0.15, 0.2) is 0 Å². The molecule has 0 fully saturated rings. The second-order valence-electron chi connectivity index (χ2n) is 6.40. The van der Waals surface area contributed by atoms with Gasteiger partial charge in [-0.3, -0.25) is 4.79 Å². The minimum absolute atomic E-state index is 0.0384. The zero-order chi connectivity index (χ0) is 19.2. The second-order valence-corrected chi connectivity index (χ2v) is 7.43. The highest BCUT2D eigenvalue weighted by Crippen LogP contribution is 2.23. The average molecular weight is 385 g/mol. The molecule has 2 aromatic heterocycles. The number of aryl methyl sites for hydroxylation is 1. The lowest BCUT2D eigenvalue weighted by molar-refractivity contribution is -0.129. The van der Waals surface area contributed by atoms with Gasteiger partial charge in [-0.2, -0.15) is 0 Å². The number of furan rings is 1. The molecule has 27 heavy (non-hydrogen) atoms. The smallest absolute Gasteiger partial charge is 0.242 e. The SMILES string of the molecule is COc1ccc(N(CC(=O)N(C)Cc2ccc(C)o2)Cc2cccs2)cc1. The monoisotopic (exact) mass is 384 g/mol. The molecule has 0 aliphatic heterocycles. The molecule has 1 aromatic carbocycles. The van der Waals surface area contributed by atoms with Crippen molar-refractivity contribution in [3.63, 3.8) is 0 Å². The standard InChI is InChI=1S/C21H24N2O3S/c1-16-6-9-19(26-16)13-22(2)21(24)15-23(14-20-5-4-12-27-20)17-7-10-18(25-3)11-8-17/h4-12H,13-15H2,1-3H3. The van der Waals surface area contributed by atoms with Crippen molar-refractivity contribution in [2.75, 3.05) is 25.6 Å². The molecule has 0 bridgehead atoms. The summed E-state index contributed by atoms with van der Waals surface area (Å²) in [5.41, 5.74) is 0.986. The normalized spacial score (nSPS) is 10.6. The number of carbonyl (C=O) groups excluding carboxylic acids is 1. The third-order valence-corrected chi connectivity index (χ3v) is 5.17. The molecule has 0 saturated heterocycles. The van der Waals surface area contributed by atoms with Crippen molar-refractivity contribution in [2.24, 2.45) is 0 Å². The fraction of sp³-hybridized carbons (Fsp3) is 0.286. The lowest BCUT2D eigenvalue weighted by Gasteiger charge is -2.26. The van der Waals surface area contributed by atoms with Gasteiger partial charge >= 0.3 is 0 Å². The Hall–Kier alpha value is -2.73. The van der Waals surface area contributed by atoms with Crippen LogP contribution in [0.5, 0.6) is 5.75 Å². The second kappa shape index (κ2) is 8.77. The summed E-state index contributed by atoms with van der Waals surface area (Å²) in [6, 6.07) is 15.7. The van der Waals surface area contributed by atoms with Crippen LogP contribution in [-0.2, 0) is 17.9 Å². The van der Waals surface area contributed by atoms with Gasteiger partial charge in [0.2, 0.25) is 5.91 Å². The first kappa shape index (κ1) is 19.0. The Kier molecular flexibility index (Phi) is 6.19. The molecular formula is C21H24N2O3S. The molecule has 0 unspecified atom stereocenters. The summed E-state index contributed by atoms with van der Waals surface area (Å²) >= 11 is 1.69. The lowest BCUT2D eigenvalue weighted by atomic mass is 10.2.